The summed E-state index contributed by atoms with van der Waals surface area (Å²) in [4.78, 5) is 9.35. The normalized spacial score (nSPS) is 8.00. The van der Waals surface area contributed by atoms with Gasteiger partial charge in [-0.25, -0.2) is 4.79 Å². The van der Waals surface area contributed by atoms with Crippen molar-refractivity contribution >= 4 is 5.97 Å². The van der Waals surface area contributed by atoms with Crippen LogP contribution < -0.4 is 6.15 Å². The van der Waals surface area contributed by atoms with Crippen LogP contribution in [-0.4, -0.2) is 16.2 Å². The van der Waals surface area contributed by atoms with Crippen molar-refractivity contribution in [3.63, 3.8) is 0 Å². The molecule has 7 heavy (non-hydrogen) atoms. The van der Waals surface area contributed by atoms with E-state index in [1.54, 1.807) is 0 Å². The first-order valence-corrected chi connectivity index (χ1v) is 1.31. The van der Waals surface area contributed by atoms with Gasteiger partial charge in [0.15, 0.2) is 0 Å². The number of aliphatic carboxylic acids is 1. The average Bonchev–Trinajstić information content (AvgIpc) is 1.35. The van der Waals surface area contributed by atoms with E-state index >= 15 is 0 Å². The van der Waals surface area contributed by atoms with E-state index in [-0.39, 0.29) is 6.15 Å². The predicted octanol–water partition coefficient (Wildman–Crippen LogP) is 0.305. The molecule has 0 aromatic rings. The smallest absolute Gasteiger partial charge is 0.331 e. The summed E-state index contributed by atoms with van der Waals surface area (Å²) >= 11 is 0. The highest BCUT2D eigenvalue weighted by atomic mass is 16.4. The molecule has 0 rings (SSSR count). The van der Waals surface area contributed by atoms with E-state index in [0.717, 1.165) is 0 Å². The van der Waals surface area contributed by atoms with Crippen LogP contribution in [0.3, 0.4) is 0 Å². The molecular formula is C3H7NO3. The Bertz CT molecular complexity index is 78.2. The van der Waals surface area contributed by atoms with Gasteiger partial charge in [0.2, 0.25) is 0 Å². The van der Waals surface area contributed by atoms with E-state index in [4.69, 9.17) is 10.2 Å². The number of aliphatic hydroxyl groups excluding tert-OH is 1. The number of hydrogen-bond acceptors (Lipinski definition) is 3. The lowest BCUT2D eigenvalue weighted by molar-refractivity contribution is -0.131. The molecular weight excluding hydrogens is 98.0 g/mol. The monoisotopic (exact) mass is 105 g/mol. The maximum absolute atomic E-state index is 9.35. The van der Waals surface area contributed by atoms with Crippen molar-refractivity contribution in [1.29, 1.82) is 0 Å². The van der Waals surface area contributed by atoms with Crippen LogP contribution in [0.15, 0.2) is 12.3 Å². The molecule has 0 spiro atoms. The maximum Gasteiger partial charge on any atom is 0.331 e. The maximum atomic E-state index is 9.35. The lowest BCUT2D eigenvalue weighted by atomic mass is 10.7. The number of carbonyl (C=O) groups is 1. The van der Waals surface area contributed by atoms with Crippen molar-refractivity contribution in [3.05, 3.63) is 12.3 Å². The zero-order chi connectivity index (χ0) is 4.99. The molecule has 5 N–H and O–H groups in total. The molecule has 4 heteroatoms. The third-order valence-corrected chi connectivity index (χ3v) is 0.217. The van der Waals surface area contributed by atoms with Gasteiger partial charge in [-0.1, -0.05) is 0 Å². The Kier molecular flexibility index (Phi) is 6.64. The van der Waals surface area contributed by atoms with Crippen molar-refractivity contribution < 1.29 is 15.0 Å². The first-order chi connectivity index (χ1) is 2.77. The minimum atomic E-state index is -1.14. The third-order valence-electron chi connectivity index (χ3n) is 0.217. The highest BCUT2D eigenvalue weighted by Gasteiger charge is 1.78. The number of rotatable bonds is 1. The second-order valence-corrected chi connectivity index (χ2v) is 0.654. The Morgan fingerprint density at radius 3 is 2.00 bits per heavy atom. The second kappa shape index (κ2) is 4.97. The van der Waals surface area contributed by atoms with Gasteiger partial charge in [-0.2, -0.15) is 0 Å². The fourth-order valence-electron chi connectivity index (χ4n) is 0.0638. The highest BCUT2D eigenvalue weighted by Crippen LogP contribution is 1.62. The number of carboxylic acids is 1. The first kappa shape index (κ1) is 9.36. The summed E-state index contributed by atoms with van der Waals surface area (Å²) in [5.74, 6) is -1.14. The molecule has 0 amide bonds. The minimum absolute atomic E-state index is 0. The van der Waals surface area contributed by atoms with E-state index in [2.05, 4.69) is 0 Å². The number of hydrogen-bond donors (Lipinski definition) is 3. The lowest BCUT2D eigenvalue weighted by Crippen LogP contribution is -1.84. The molecule has 0 aromatic heterocycles. The summed E-state index contributed by atoms with van der Waals surface area (Å²) in [5.41, 5.74) is 0. The van der Waals surface area contributed by atoms with Gasteiger partial charge in [0.1, 0.15) is 0 Å². The molecule has 0 bridgehead atoms. The lowest BCUT2D eigenvalue weighted by Gasteiger charge is -1.68. The van der Waals surface area contributed by atoms with Gasteiger partial charge in [-0.3, -0.25) is 0 Å². The summed E-state index contributed by atoms with van der Waals surface area (Å²) in [7, 11) is 0. The second-order valence-electron chi connectivity index (χ2n) is 0.654. The molecule has 42 valence electrons. The zero-order valence-electron chi connectivity index (χ0n) is 3.66. The first-order valence-electron chi connectivity index (χ1n) is 1.31. The summed E-state index contributed by atoms with van der Waals surface area (Å²) in [5, 5.41) is 15.3. The summed E-state index contributed by atoms with van der Waals surface area (Å²) in [6, 6.07) is 0. The Labute approximate surface area is 40.7 Å². The van der Waals surface area contributed by atoms with E-state index in [1.165, 1.54) is 0 Å². The molecule has 0 aliphatic rings. The van der Waals surface area contributed by atoms with Gasteiger partial charge >= 0.3 is 5.97 Å². The molecule has 0 saturated heterocycles. The van der Waals surface area contributed by atoms with Gasteiger partial charge in [0.25, 0.3) is 0 Å². The number of carboxylic acid groups (broad SMARTS) is 1. The molecule has 0 heterocycles. The fourth-order valence-corrected chi connectivity index (χ4v) is 0.0638. The van der Waals surface area contributed by atoms with Crippen LogP contribution >= 0.6 is 0 Å². The van der Waals surface area contributed by atoms with E-state index < -0.39 is 5.97 Å². The number of aliphatic hydroxyl groups is 1. The van der Waals surface area contributed by atoms with E-state index in [0.29, 0.717) is 12.3 Å². The molecule has 0 radical (unpaired) electrons. The average molecular weight is 105 g/mol. The van der Waals surface area contributed by atoms with Crippen LogP contribution in [0.1, 0.15) is 0 Å². The molecule has 0 unspecified atom stereocenters. The molecule has 0 aromatic carbocycles. The predicted molar refractivity (Wildman–Crippen MR) is 24.4 cm³/mol. The van der Waals surface area contributed by atoms with Crippen molar-refractivity contribution in [3.8, 4) is 0 Å². The van der Waals surface area contributed by atoms with Gasteiger partial charge in [-0.15, -0.1) is 0 Å². The molecule has 0 atom stereocenters. The van der Waals surface area contributed by atoms with Gasteiger partial charge in [0.05, 0.1) is 12.3 Å². The van der Waals surface area contributed by atoms with Gasteiger partial charge in [0, 0.05) is 0 Å². The summed E-state index contributed by atoms with van der Waals surface area (Å²) in [6.07, 6.45) is 1.11. The van der Waals surface area contributed by atoms with Crippen molar-refractivity contribution in [1.82, 2.24) is 6.15 Å². The van der Waals surface area contributed by atoms with Gasteiger partial charge < -0.3 is 16.4 Å². The third kappa shape index (κ3) is 11.3. The topological polar surface area (TPSA) is 92.5 Å². The van der Waals surface area contributed by atoms with Crippen LogP contribution in [0, 0.1) is 0 Å². The molecule has 4 nitrogen and oxygen atoms in total. The standard InChI is InChI=1S/C3H4O3.H3N/c4-2-1-3(5)6;/h1-2,4H,(H,5,6);1H3. The van der Waals surface area contributed by atoms with Crippen molar-refractivity contribution in [2.75, 3.05) is 0 Å². The van der Waals surface area contributed by atoms with Gasteiger partial charge in [-0.05, 0) is 0 Å². The largest absolute Gasteiger partial charge is 0.515 e. The Balaban J connectivity index is 0. The zero-order valence-corrected chi connectivity index (χ0v) is 3.66. The van der Waals surface area contributed by atoms with E-state index in [9.17, 15) is 4.79 Å². The summed E-state index contributed by atoms with van der Waals surface area (Å²) < 4.78 is 0. The van der Waals surface area contributed by atoms with Crippen molar-refractivity contribution in [2.45, 2.75) is 0 Å². The fraction of sp³-hybridized carbons (Fsp3) is 0. The summed E-state index contributed by atoms with van der Waals surface area (Å²) in [6.45, 7) is 0. The Morgan fingerprint density at radius 1 is 1.57 bits per heavy atom. The van der Waals surface area contributed by atoms with Crippen LogP contribution in [0.5, 0.6) is 0 Å². The SMILES string of the molecule is N.O=C(O)C=CO. The van der Waals surface area contributed by atoms with E-state index in [1.807, 2.05) is 0 Å². The van der Waals surface area contributed by atoms with Crippen molar-refractivity contribution in [2.24, 2.45) is 0 Å². The minimum Gasteiger partial charge on any atom is -0.515 e. The quantitative estimate of drug-likeness (QED) is 0.330. The Hall–Kier alpha value is -1.03. The molecule has 0 aliphatic heterocycles. The Morgan fingerprint density at radius 2 is 2.00 bits per heavy atom. The molecule has 0 fully saturated rings. The van der Waals surface area contributed by atoms with Crippen LogP contribution in [0.4, 0.5) is 0 Å². The van der Waals surface area contributed by atoms with Crippen LogP contribution in [-0.2, 0) is 4.79 Å². The van der Waals surface area contributed by atoms with Crippen LogP contribution in [0.25, 0.3) is 0 Å². The molecule has 0 saturated carbocycles. The van der Waals surface area contributed by atoms with Crippen LogP contribution in [0.2, 0.25) is 0 Å². The molecule has 0 aliphatic carbocycles. The highest BCUT2D eigenvalue weighted by molar-refractivity contribution is 5.79.